The molecule has 2 fully saturated rings. The predicted octanol–water partition coefficient (Wildman–Crippen LogP) is 3.15. The molecule has 2 N–H and O–H groups in total. The number of aromatic nitrogens is 4. The number of phosphoric acid groups is 1. The predicted molar refractivity (Wildman–Crippen MR) is 119 cm³/mol. The lowest BCUT2D eigenvalue weighted by Gasteiger charge is -2.34. The van der Waals surface area contributed by atoms with Gasteiger partial charge in [0.1, 0.15) is 28.9 Å². The topological polar surface area (TPSA) is 141 Å². The molecule has 0 amide bonds. The molecule has 4 heterocycles. The first kappa shape index (κ1) is 23.9. The number of nitrogen functional groups attached to an aromatic ring is 1. The highest BCUT2D eigenvalue weighted by Crippen LogP contribution is 2.60. The van der Waals surface area contributed by atoms with Crippen molar-refractivity contribution in [3.8, 4) is 0 Å². The summed E-state index contributed by atoms with van der Waals surface area (Å²) >= 11 is 7.98. The Kier molecular flexibility index (Phi) is 6.34. The Morgan fingerprint density at radius 3 is 2.91 bits per heavy atom. The zero-order valence-electron chi connectivity index (χ0n) is 18.1. The third kappa shape index (κ3) is 4.42. The lowest BCUT2D eigenvalue weighted by atomic mass is 10.00. The molecule has 2 saturated heterocycles. The lowest BCUT2D eigenvalue weighted by molar-refractivity contribution is -0.117. The summed E-state index contributed by atoms with van der Waals surface area (Å²) in [5, 5.41) is 0.0160. The highest BCUT2D eigenvalue weighted by molar-refractivity contribution is 8.13. The Bertz CT molecular complexity index is 1080. The van der Waals surface area contributed by atoms with Crippen LogP contribution in [0.3, 0.4) is 0 Å². The van der Waals surface area contributed by atoms with Gasteiger partial charge in [0.05, 0.1) is 19.5 Å². The average Bonchev–Trinajstić information content (AvgIpc) is 3.24. The van der Waals surface area contributed by atoms with E-state index in [1.54, 1.807) is 11.5 Å². The Balaban J connectivity index is 1.45. The van der Waals surface area contributed by atoms with Crippen LogP contribution in [0, 0.1) is 5.41 Å². The van der Waals surface area contributed by atoms with Gasteiger partial charge >= 0.3 is 7.82 Å². The molecule has 2 aromatic heterocycles. The van der Waals surface area contributed by atoms with Gasteiger partial charge in [-0.05, 0) is 6.92 Å². The van der Waals surface area contributed by atoms with Crippen LogP contribution < -0.4 is 5.73 Å². The monoisotopic (exact) mass is 505 g/mol. The van der Waals surface area contributed by atoms with Crippen molar-refractivity contribution < 1.29 is 27.7 Å². The number of thioether (sulfide) groups is 1. The number of carbonyl (C=O) groups excluding carboxylic acids is 1. The molecule has 0 spiro atoms. The first-order chi connectivity index (χ1) is 14.9. The quantitative estimate of drug-likeness (QED) is 0.364. The van der Waals surface area contributed by atoms with Crippen LogP contribution in [0.5, 0.6) is 0 Å². The molecule has 11 nitrogen and oxygen atoms in total. The highest BCUT2D eigenvalue weighted by Gasteiger charge is 2.60. The van der Waals surface area contributed by atoms with E-state index >= 15 is 0 Å². The standard InChI is InChI=1S/C18H25ClN5O6PS/c1-17(2,3)16(25)32-6-5-27-31(26)28-7-10-12(30-31)18(4,19)15(29-10)24-9-23-11-13(20)21-8-22-14(11)24/h8-10,12,15H,5-7H2,1-4H3,(H2,20,21,22)/t10-,12-,15-,18-,31?/m1/s1. The molecular formula is C18H25ClN5O6PS. The zero-order valence-corrected chi connectivity index (χ0v) is 20.5. The lowest BCUT2D eigenvalue weighted by Crippen LogP contribution is -2.44. The minimum Gasteiger partial charge on any atom is -0.382 e. The van der Waals surface area contributed by atoms with E-state index in [1.807, 2.05) is 20.8 Å². The summed E-state index contributed by atoms with van der Waals surface area (Å²) in [4.78, 5) is 23.3. The molecule has 2 aromatic rings. The summed E-state index contributed by atoms with van der Waals surface area (Å²) in [5.74, 6) is 0.557. The van der Waals surface area contributed by atoms with Crippen molar-refractivity contribution in [3.63, 3.8) is 0 Å². The van der Waals surface area contributed by atoms with Crippen molar-refractivity contribution in [1.29, 1.82) is 0 Å². The Morgan fingerprint density at radius 1 is 1.44 bits per heavy atom. The number of fused-ring (bicyclic) bond motifs is 2. The van der Waals surface area contributed by atoms with Gasteiger partial charge in [-0.1, -0.05) is 32.5 Å². The number of ether oxygens (including phenoxy) is 1. The number of hydrogen-bond acceptors (Lipinski definition) is 11. The Morgan fingerprint density at radius 2 is 2.19 bits per heavy atom. The highest BCUT2D eigenvalue weighted by atomic mass is 35.5. The molecule has 32 heavy (non-hydrogen) atoms. The van der Waals surface area contributed by atoms with E-state index in [9.17, 15) is 9.36 Å². The second kappa shape index (κ2) is 8.50. The number of anilines is 1. The van der Waals surface area contributed by atoms with E-state index in [4.69, 9.17) is 35.6 Å². The van der Waals surface area contributed by atoms with Gasteiger partial charge in [-0.2, -0.15) is 0 Å². The van der Waals surface area contributed by atoms with Crippen LogP contribution in [0.25, 0.3) is 11.2 Å². The third-order valence-corrected chi connectivity index (χ3v) is 8.23. The summed E-state index contributed by atoms with van der Waals surface area (Å²) < 4.78 is 37.3. The first-order valence-electron chi connectivity index (χ1n) is 9.94. The zero-order chi connectivity index (χ0) is 23.3. The molecule has 0 bridgehead atoms. The fourth-order valence-electron chi connectivity index (χ4n) is 3.45. The van der Waals surface area contributed by atoms with Gasteiger partial charge in [-0.15, -0.1) is 11.6 Å². The van der Waals surface area contributed by atoms with Crippen molar-refractivity contribution in [3.05, 3.63) is 12.7 Å². The van der Waals surface area contributed by atoms with E-state index in [0.29, 0.717) is 16.9 Å². The minimum atomic E-state index is -3.88. The maximum atomic E-state index is 13.0. The minimum absolute atomic E-state index is 0.0160. The van der Waals surface area contributed by atoms with Crippen molar-refractivity contribution in [2.24, 2.45) is 5.41 Å². The SMILES string of the molecule is CC(C)(C)C(=O)SCCOP1(=O)OC[C@H]2O[C@@H](n3cnc4c(N)ncnc43)[C@](C)(Cl)[C@@H]2O1. The van der Waals surface area contributed by atoms with E-state index in [-0.39, 0.29) is 24.1 Å². The maximum absolute atomic E-state index is 13.0. The van der Waals surface area contributed by atoms with Gasteiger partial charge in [0.25, 0.3) is 0 Å². The summed E-state index contributed by atoms with van der Waals surface area (Å²) in [6, 6.07) is 0. The van der Waals surface area contributed by atoms with Gasteiger partial charge in [0.15, 0.2) is 22.8 Å². The third-order valence-electron chi connectivity index (χ3n) is 5.14. The van der Waals surface area contributed by atoms with E-state index in [1.165, 1.54) is 12.7 Å². The molecule has 4 rings (SSSR count). The molecule has 176 valence electrons. The normalized spacial score (nSPS) is 32.8. The second-order valence-corrected chi connectivity index (χ2v) is 12.3. The van der Waals surface area contributed by atoms with E-state index in [2.05, 4.69) is 15.0 Å². The van der Waals surface area contributed by atoms with Crippen LogP contribution in [0.4, 0.5) is 5.82 Å². The molecule has 0 radical (unpaired) electrons. The number of alkyl halides is 1. The van der Waals surface area contributed by atoms with Crippen LogP contribution in [0.2, 0.25) is 0 Å². The van der Waals surface area contributed by atoms with Crippen molar-refractivity contribution >= 4 is 53.3 Å². The molecule has 1 unspecified atom stereocenters. The van der Waals surface area contributed by atoms with E-state index < -0.39 is 36.5 Å². The fraction of sp³-hybridized carbons (Fsp3) is 0.667. The van der Waals surface area contributed by atoms with Gasteiger partial charge in [-0.25, -0.2) is 19.5 Å². The molecule has 14 heteroatoms. The summed E-state index contributed by atoms with van der Waals surface area (Å²) in [5.41, 5.74) is 6.27. The van der Waals surface area contributed by atoms with Crippen LogP contribution in [0.15, 0.2) is 12.7 Å². The van der Waals surface area contributed by atoms with Crippen molar-refractivity contribution in [2.45, 2.75) is 51.0 Å². The summed E-state index contributed by atoms with van der Waals surface area (Å²) in [7, 11) is -3.88. The van der Waals surface area contributed by atoms with Crippen LogP contribution in [-0.4, -0.2) is 60.7 Å². The maximum Gasteiger partial charge on any atom is 0.475 e. The van der Waals surface area contributed by atoms with Crippen LogP contribution >= 0.6 is 31.2 Å². The summed E-state index contributed by atoms with van der Waals surface area (Å²) in [6.07, 6.45) is 0.733. The molecular weight excluding hydrogens is 481 g/mol. The molecule has 0 saturated carbocycles. The Labute approximate surface area is 194 Å². The number of hydrogen-bond donors (Lipinski definition) is 1. The van der Waals surface area contributed by atoms with Gasteiger partial charge in [0, 0.05) is 11.2 Å². The number of halogens is 1. The number of carbonyl (C=O) groups is 1. The fourth-order valence-corrected chi connectivity index (χ4v) is 6.24. The molecule has 5 atom stereocenters. The van der Waals surface area contributed by atoms with Gasteiger partial charge in [-0.3, -0.25) is 22.9 Å². The van der Waals surface area contributed by atoms with Gasteiger partial charge < -0.3 is 10.5 Å². The first-order valence-corrected chi connectivity index (χ1v) is 12.8. The number of rotatable bonds is 5. The second-order valence-electron chi connectivity index (χ2n) is 8.75. The number of phosphoric ester groups is 1. The number of imidazole rings is 1. The molecule has 0 aliphatic carbocycles. The molecule has 0 aromatic carbocycles. The van der Waals surface area contributed by atoms with Gasteiger partial charge in [0.2, 0.25) is 0 Å². The van der Waals surface area contributed by atoms with Crippen LogP contribution in [-0.2, 0) is 27.7 Å². The Hall–Kier alpha value is -1.27. The van der Waals surface area contributed by atoms with Crippen molar-refractivity contribution in [1.82, 2.24) is 19.5 Å². The largest absolute Gasteiger partial charge is 0.475 e. The molecule has 2 aliphatic rings. The van der Waals surface area contributed by atoms with E-state index in [0.717, 1.165) is 11.8 Å². The number of nitrogens with two attached hydrogens (primary N) is 1. The van der Waals surface area contributed by atoms with Crippen LogP contribution in [0.1, 0.15) is 33.9 Å². The summed E-state index contributed by atoms with van der Waals surface area (Å²) in [6.45, 7) is 7.21. The average molecular weight is 506 g/mol. The smallest absolute Gasteiger partial charge is 0.382 e. The molecule has 2 aliphatic heterocycles. The van der Waals surface area contributed by atoms with Crippen molar-refractivity contribution in [2.75, 3.05) is 24.7 Å². The number of nitrogens with zero attached hydrogens (tertiary/aromatic N) is 4.